The van der Waals surface area contributed by atoms with Gasteiger partial charge in [-0.1, -0.05) is 20.8 Å². The SMILES string of the molecule is C[C@H]1[C@@H]2[C@@H](O)C([C@H](C)C(=O)N3CCOCC3)CC[C@@]2(C)CC[C@@H]1NC(=O)C1CC1. The van der Waals surface area contributed by atoms with E-state index in [0.717, 1.165) is 38.5 Å². The number of aliphatic hydroxyl groups excluding tert-OH is 1. The summed E-state index contributed by atoms with van der Waals surface area (Å²) < 4.78 is 5.38. The molecule has 0 aromatic carbocycles. The number of fused-ring (bicyclic) bond motifs is 1. The van der Waals surface area contributed by atoms with Crippen LogP contribution in [-0.2, 0) is 14.3 Å². The largest absolute Gasteiger partial charge is 0.392 e. The van der Waals surface area contributed by atoms with E-state index in [4.69, 9.17) is 4.74 Å². The molecule has 4 aliphatic rings. The van der Waals surface area contributed by atoms with Crippen molar-refractivity contribution in [3.8, 4) is 0 Å². The zero-order chi connectivity index (χ0) is 20.8. The van der Waals surface area contributed by atoms with E-state index < -0.39 is 6.10 Å². The lowest BCUT2D eigenvalue weighted by Gasteiger charge is -2.56. The fourth-order valence-electron chi connectivity index (χ4n) is 6.40. The lowest BCUT2D eigenvalue weighted by Crippen LogP contribution is -2.59. The monoisotopic (exact) mass is 406 g/mol. The van der Waals surface area contributed by atoms with Crippen LogP contribution in [-0.4, -0.2) is 60.3 Å². The normalized spacial score (nSPS) is 41.4. The van der Waals surface area contributed by atoms with Crippen molar-refractivity contribution in [2.24, 2.45) is 35.0 Å². The molecule has 1 aliphatic heterocycles. The molecule has 29 heavy (non-hydrogen) atoms. The molecule has 2 N–H and O–H groups in total. The molecule has 0 aromatic rings. The van der Waals surface area contributed by atoms with Crippen molar-refractivity contribution < 1.29 is 19.4 Å². The molecule has 1 unspecified atom stereocenters. The van der Waals surface area contributed by atoms with Crippen LogP contribution >= 0.6 is 0 Å². The number of hydrogen-bond donors (Lipinski definition) is 2. The van der Waals surface area contributed by atoms with Gasteiger partial charge in [0.25, 0.3) is 0 Å². The van der Waals surface area contributed by atoms with E-state index in [1.54, 1.807) is 0 Å². The summed E-state index contributed by atoms with van der Waals surface area (Å²) in [5.41, 5.74) is 0.0951. The molecule has 3 saturated carbocycles. The molecular formula is C23H38N2O4. The minimum absolute atomic E-state index is 0.0104. The number of aliphatic hydroxyl groups is 1. The lowest BCUT2D eigenvalue weighted by molar-refractivity contribution is -0.154. The molecule has 0 radical (unpaired) electrons. The summed E-state index contributed by atoms with van der Waals surface area (Å²) in [4.78, 5) is 27.3. The molecule has 7 atom stereocenters. The fraction of sp³-hybridized carbons (Fsp3) is 0.913. The van der Waals surface area contributed by atoms with Gasteiger partial charge in [-0.05, 0) is 61.7 Å². The number of carbonyl (C=O) groups is 2. The second-order valence-corrected chi connectivity index (χ2v) is 10.4. The predicted octanol–water partition coefficient (Wildman–Crippen LogP) is 2.20. The number of nitrogens with zero attached hydrogens (tertiary/aromatic N) is 1. The highest BCUT2D eigenvalue weighted by Crippen LogP contribution is 2.55. The summed E-state index contributed by atoms with van der Waals surface area (Å²) in [5.74, 6) is 0.723. The van der Waals surface area contributed by atoms with Crippen molar-refractivity contribution >= 4 is 11.8 Å². The van der Waals surface area contributed by atoms with Gasteiger partial charge in [-0.25, -0.2) is 0 Å². The van der Waals surface area contributed by atoms with E-state index in [1.165, 1.54) is 0 Å². The first kappa shape index (κ1) is 21.1. The maximum Gasteiger partial charge on any atom is 0.225 e. The van der Waals surface area contributed by atoms with Gasteiger partial charge in [0, 0.05) is 31.0 Å². The minimum atomic E-state index is -0.496. The van der Waals surface area contributed by atoms with Gasteiger partial charge >= 0.3 is 0 Å². The topological polar surface area (TPSA) is 78.9 Å². The number of hydrogen-bond acceptors (Lipinski definition) is 4. The number of ether oxygens (including phenoxy) is 1. The van der Waals surface area contributed by atoms with Crippen LogP contribution in [0, 0.1) is 35.0 Å². The third-order valence-corrected chi connectivity index (χ3v) is 8.52. The zero-order valence-electron chi connectivity index (χ0n) is 18.2. The van der Waals surface area contributed by atoms with Crippen molar-refractivity contribution in [3.63, 3.8) is 0 Å². The van der Waals surface area contributed by atoms with Gasteiger partial charge in [0.05, 0.1) is 19.3 Å². The van der Waals surface area contributed by atoms with E-state index in [9.17, 15) is 14.7 Å². The fourth-order valence-corrected chi connectivity index (χ4v) is 6.40. The summed E-state index contributed by atoms with van der Waals surface area (Å²) in [6, 6.07) is 0.139. The molecule has 0 aromatic heterocycles. The predicted molar refractivity (Wildman–Crippen MR) is 110 cm³/mol. The Kier molecular flexibility index (Phi) is 5.95. The summed E-state index contributed by atoms with van der Waals surface area (Å²) >= 11 is 0. The molecule has 3 aliphatic carbocycles. The van der Waals surface area contributed by atoms with Gasteiger partial charge in [-0.2, -0.15) is 0 Å². The highest BCUT2D eigenvalue weighted by atomic mass is 16.5. The summed E-state index contributed by atoms with van der Waals surface area (Å²) in [6.45, 7) is 9.00. The van der Waals surface area contributed by atoms with Gasteiger partial charge in [0.2, 0.25) is 11.8 Å². The smallest absolute Gasteiger partial charge is 0.225 e. The molecule has 4 fully saturated rings. The molecule has 0 spiro atoms. The van der Waals surface area contributed by atoms with Gasteiger partial charge < -0.3 is 20.1 Å². The summed E-state index contributed by atoms with van der Waals surface area (Å²) in [5, 5.41) is 14.8. The number of morpholine rings is 1. The standard InChI is InChI=1S/C23H38N2O4/c1-14(22(28)25-10-12-29-13-11-25)17-6-8-23(3)9-7-18(15(2)19(23)20(17)26)24-21(27)16-4-5-16/h14-20,26H,4-13H2,1-3H3,(H,24,27)/t14-,15+,17?,18-,19+,20-,23-/m0/s1. The summed E-state index contributed by atoms with van der Waals surface area (Å²) in [6.07, 6.45) is 5.51. The molecule has 1 heterocycles. The maximum atomic E-state index is 13.1. The van der Waals surface area contributed by atoms with Crippen LogP contribution in [0.15, 0.2) is 0 Å². The van der Waals surface area contributed by atoms with Gasteiger partial charge in [-0.15, -0.1) is 0 Å². The first-order valence-electron chi connectivity index (χ1n) is 11.7. The average molecular weight is 407 g/mol. The van der Waals surface area contributed by atoms with E-state index in [2.05, 4.69) is 19.2 Å². The van der Waals surface area contributed by atoms with Crippen LogP contribution in [0.4, 0.5) is 0 Å². The van der Waals surface area contributed by atoms with Crippen molar-refractivity contribution in [2.75, 3.05) is 26.3 Å². The van der Waals surface area contributed by atoms with Gasteiger partial charge in [-0.3, -0.25) is 9.59 Å². The van der Waals surface area contributed by atoms with Crippen LogP contribution in [0.5, 0.6) is 0 Å². The van der Waals surface area contributed by atoms with Crippen molar-refractivity contribution in [1.29, 1.82) is 0 Å². The molecule has 4 rings (SSSR count). The molecule has 0 bridgehead atoms. The first-order chi connectivity index (χ1) is 13.8. The Balaban J connectivity index is 1.46. The molecule has 6 heteroatoms. The van der Waals surface area contributed by atoms with Crippen LogP contribution in [0.25, 0.3) is 0 Å². The number of amides is 2. The lowest BCUT2D eigenvalue weighted by atomic mass is 9.51. The van der Waals surface area contributed by atoms with Crippen LogP contribution < -0.4 is 5.32 Å². The quantitative estimate of drug-likeness (QED) is 0.750. The Morgan fingerprint density at radius 2 is 1.79 bits per heavy atom. The number of rotatable bonds is 4. The minimum Gasteiger partial charge on any atom is -0.392 e. The van der Waals surface area contributed by atoms with Crippen LogP contribution in [0.1, 0.15) is 59.3 Å². The Morgan fingerprint density at radius 3 is 2.45 bits per heavy atom. The van der Waals surface area contributed by atoms with Crippen molar-refractivity contribution in [2.45, 2.75) is 71.4 Å². The Hall–Kier alpha value is -1.14. The highest BCUT2D eigenvalue weighted by molar-refractivity contribution is 5.81. The third kappa shape index (κ3) is 4.07. The van der Waals surface area contributed by atoms with Crippen molar-refractivity contribution in [3.05, 3.63) is 0 Å². The molecule has 164 valence electrons. The van der Waals surface area contributed by atoms with Crippen molar-refractivity contribution in [1.82, 2.24) is 10.2 Å². The van der Waals surface area contributed by atoms with Crippen LogP contribution in [0.2, 0.25) is 0 Å². The Labute approximate surface area is 174 Å². The maximum absolute atomic E-state index is 13.1. The van der Waals surface area contributed by atoms with Gasteiger partial charge in [0.15, 0.2) is 0 Å². The Bertz CT molecular complexity index is 630. The Morgan fingerprint density at radius 1 is 1.14 bits per heavy atom. The zero-order valence-corrected chi connectivity index (χ0v) is 18.2. The highest BCUT2D eigenvalue weighted by Gasteiger charge is 2.54. The molecule has 2 amide bonds. The molecule has 6 nitrogen and oxygen atoms in total. The van der Waals surface area contributed by atoms with Crippen LogP contribution in [0.3, 0.4) is 0 Å². The van der Waals surface area contributed by atoms with Gasteiger partial charge in [0.1, 0.15) is 0 Å². The molecule has 1 saturated heterocycles. The van der Waals surface area contributed by atoms with E-state index >= 15 is 0 Å². The third-order valence-electron chi connectivity index (χ3n) is 8.52. The second kappa shape index (κ2) is 8.18. The van der Waals surface area contributed by atoms with E-state index in [0.29, 0.717) is 26.3 Å². The van der Waals surface area contributed by atoms with E-state index in [-0.39, 0.29) is 52.9 Å². The number of carbonyl (C=O) groups excluding carboxylic acids is 2. The van der Waals surface area contributed by atoms with E-state index in [1.807, 2.05) is 11.8 Å². The average Bonchev–Trinajstić information content (AvgIpc) is 3.55. The first-order valence-corrected chi connectivity index (χ1v) is 11.7. The number of nitrogens with one attached hydrogen (secondary N) is 1. The summed E-state index contributed by atoms with van der Waals surface area (Å²) in [7, 11) is 0. The molecular weight excluding hydrogens is 368 g/mol. The second-order valence-electron chi connectivity index (χ2n) is 10.4.